The van der Waals surface area contributed by atoms with Crippen molar-refractivity contribution in [1.82, 2.24) is 19.7 Å². The van der Waals surface area contributed by atoms with E-state index in [1.54, 1.807) is 4.68 Å². The fourth-order valence-corrected chi connectivity index (χ4v) is 1.90. The lowest BCUT2D eigenvalue weighted by Crippen LogP contribution is -2.03. The maximum Gasteiger partial charge on any atom is 0.230 e. The van der Waals surface area contributed by atoms with Crippen molar-refractivity contribution >= 4 is 11.6 Å². The van der Waals surface area contributed by atoms with E-state index in [0.29, 0.717) is 18.4 Å². The average Bonchev–Trinajstić information content (AvgIpc) is 2.75. The summed E-state index contributed by atoms with van der Waals surface area (Å²) in [7, 11) is 1.90. The molecule has 6 heteroatoms. The Morgan fingerprint density at radius 3 is 2.80 bits per heavy atom. The number of hydrogen-bond acceptors (Lipinski definition) is 5. The molecule has 0 atom stereocenters. The lowest BCUT2D eigenvalue weighted by Gasteiger charge is -2.08. The van der Waals surface area contributed by atoms with Crippen molar-refractivity contribution in [2.24, 2.45) is 7.05 Å². The van der Waals surface area contributed by atoms with Gasteiger partial charge in [-0.25, -0.2) is 4.98 Å². The molecule has 0 aromatic carbocycles. The van der Waals surface area contributed by atoms with Crippen molar-refractivity contribution in [3.05, 3.63) is 23.7 Å². The first-order valence-corrected chi connectivity index (χ1v) is 6.90. The minimum Gasteiger partial charge on any atom is -0.478 e. The predicted molar refractivity (Wildman–Crippen MR) is 78.4 cm³/mol. The van der Waals surface area contributed by atoms with E-state index >= 15 is 0 Å². The van der Waals surface area contributed by atoms with Gasteiger partial charge in [0.15, 0.2) is 0 Å². The van der Waals surface area contributed by atoms with Gasteiger partial charge in [0.2, 0.25) is 11.8 Å². The van der Waals surface area contributed by atoms with Crippen LogP contribution >= 0.6 is 0 Å². The Balaban J connectivity index is 2.21. The fourth-order valence-electron chi connectivity index (χ4n) is 1.90. The van der Waals surface area contributed by atoms with E-state index < -0.39 is 0 Å². The van der Waals surface area contributed by atoms with Crippen molar-refractivity contribution in [2.75, 3.05) is 11.9 Å². The summed E-state index contributed by atoms with van der Waals surface area (Å²) in [5, 5.41) is 7.60. The van der Waals surface area contributed by atoms with Crippen molar-refractivity contribution in [3.8, 4) is 5.88 Å². The largest absolute Gasteiger partial charge is 0.478 e. The number of nitrogens with zero attached hydrogens (tertiary/aromatic N) is 4. The Morgan fingerprint density at radius 2 is 2.10 bits per heavy atom. The molecule has 2 aromatic heterocycles. The normalized spacial score (nSPS) is 10.6. The zero-order valence-corrected chi connectivity index (χ0v) is 12.5. The third-order valence-corrected chi connectivity index (χ3v) is 2.77. The first kappa shape index (κ1) is 14.3. The Labute approximate surface area is 119 Å². The number of hydrogen-bond donors (Lipinski definition) is 1. The van der Waals surface area contributed by atoms with Gasteiger partial charge in [-0.05, 0) is 19.8 Å². The molecule has 20 heavy (non-hydrogen) atoms. The molecular formula is C14H21N5O. The van der Waals surface area contributed by atoms with Crippen molar-refractivity contribution < 1.29 is 4.74 Å². The Bertz CT molecular complexity index is 579. The Hall–Kier alpha value is -2.11. The highest BCUT2D eigenvalue weighted by Crippen LogP contribution is 2.20. The minimum atomic E-state index is 0.541. The van der Waals surface area contributed by atoms with Crippen LogP contribution in [0.1, 0.15) is 31.7 Å². The number of nitrogens with one attached hydrogen (secondary N) is 1. The molecule has 0 aliphatic rings. The van der Waals surface area contributed by atoms with Gasteiger partial charge in [0.1, 0.15) is 0 Å². The molecule has 6 nitrogen and oxygen atoms in total. The highest BCUT2D eigenvalue weighted by Gasteiger charge is 2.09. The standard InChI is InChI=1S/C14H21N5O/c1-5-7-20-13-8-10(3)15-14(17-13)16-12-9-19(4)18-11(12)6-2/h8-9H,5-7H2,1-4H3,(H,15,16,17). The van der Waals surface area contributed by atoms with E-state index in [4.69, 9.17) is 4.74 Å². The highest BCUT2D eigenvalue weighted by atomic mass is 16.5. The first-order valence-electron chi connectivity index (χ1n) is 6.90. The second kappa shape index (κ2) is 6.36. The smallest absolute Gasteiger partial charge is 0.230 e. The van der Waals surface area contributed by atoms with Crippen LogP contribution in [0, 0.1) is 6.92 Å². The fraction of sp³-hybridized carbons (Fsp3) is 0.500. The number of ether oxygens (including phenoxy) is 1. The molecule has 0 bridgehead atoms. The summed E-state index contributed by atoms with van der Waals surface area (Å²) in [6.45, 7) is 6.72. The van der Waals surface area contributed by atoms with Crippen LogP contribution in [0.3, 0.4) is 0 Å². The lowest BCUT2D eigenvalue weighted by atomic mass is 10.3. The van der Waals surface area contributed by atoms with Gasteiger partial charge < -0.3 is 10.1 Å². The van der Waals surface area contributed by atoms with Crippen molar-refractivity contribution in [3.63, 3.8) is 0 Å². The maximum absolute atomic E-state index is 5.56. The maximum atomic E-state index is 5.56. The van der Waals surface area contributed by atoms with Gasteiger partial charge in [0.25, 0.3) is 0 Å². The lowest BCUT2D eigenvalue weighted by molar-refractivity contribution is 0.305. The van der Waals surface area contributed by atoms with E-state index in [1.807, 2.05) is 26.2 Å². The van der Waals surface area contributed by atoms with Gasteiger partial charge in [-0.15, -0.1) is 0 Å². The number of rotatable bonds is 6. The molecule has 0 saturated heterocycles. The van der Waals surface area contributed by atoms with Crippen LogP contribution in [-0.2, 0) is 13.5 Å². The molecule has 0 saturated carbocycles. The van der Waals surface area contributed by atoms with Crippen LogP contribution in [0.5, 0.6) is 5.88 Å². The third-order valence-electron chi connectivity index (χ3n) is 2.77. The molecule has 0 spiro atoms. The zero-order chi connectivity index (χ0) is 14.5. The van der Waals surface area contributed by atoms with Crippen LogP contribution in [0.4, 0.5) is 11.6 Å². The van der Waals surface area contributed by atoms with Crippen molar-refractivity contribution in [1.29, 1.82) is 0 Å². The molecular weight excluding hydrogens is 254 g/mol. The molecule has 2 heterocycles. The summed E-state index contributed by atoms with van der Waals surface area (Å²) in [6, 6.07) is 1.84. The van der Waals surface area contributed by atoms with Crippen LogP contribution in [-0.4, -0.2) is 26.4 Å². The molecule has 2 rings (SSSR count). The molecule has 1 N–H and O–H groups in total. The van der Waals surface area contributed by atoms with Gasteiger partial charge in [-0.3, -0.25) is 4.68 Å². The second-order valence-corrected chi connectivity index (χ2v) is 4.66. The van der Waals surface area contributed by atoms with Crippen LogP contribution in [0.2, 0.25) is 0 Å². The Kier molecular flexibility index (Phi) is 4.55. The first-order chi connectivity index (χ1) is 9.62. The summed E-state index contributed by atoms with van der Waals surface area (Å²) >= 11 is 0. The van der Waals surface area contributed by atoms with E-state index in [9.17, 15) is 0 Å². The molecule has 0 fully saturated rings. The second-order valence-electron chi connectivity index (χ2n) is 4.66. The van der Waals surface area contributed by atoms with E-state index in [0.717, 1.165) is 29.9 Å². The molecule has 0 aliphatic heterocycles. The van der Waals surface area contributed by atoms with Gasteiger partial charge in [-0.1, -0.05) is 13.8 Å². The molecule has 0 radical (unpaired) electrons. The predicted octanol–water partition coefficient (Wildman–Crippen LogP) is 2.61. The Morgan fingerprint density at radius 1 is 1.30 bits per heavy atom. The number of anilines is 2. The van der Waals surface area contributed by atoms with Gasteiger partial charge in [0.05, 0.1) is 18.0 Å². The number of aromatic nitrogens is 4. The summed E-state index contributed by atoms with van der Waals surface area (Å²) in [6.07, 6.45) is 3.74. The quantitative estimate of drug-likeness (QED) is 0.878. The summed E-state index contributed by atoms with van der Waals surface area (Å²) in [4.78, 5) is 8.75. The summed E-state index contributed by atoms with van der Waals surface area (Å²) in [5.74, 6) is 1.14. The minimum absolute atomic E-state index is 0.541. The van der Waals surface area contributed by atoms with Gasteiger partial charge in [0, 0.05) is 25.0 Å². The third kappa shape index (κ3) is 3.46. The van der Waals surface area contributed by atoms with E-state index in [2.05, 4.69) is 34.2 Å². The van der Waals surface area contributed by atoms with E-state index in [-0.39, 0.29) is 0 Å². The summed E-state index contributed by atoms with van der Waals surface area (Å²) < 4.78 is 7.35. The molecule has 0 aliphatic carbocycles. The van der Waals surface area contributed by atoms with Crippen LogP contribution in [0.15, 0.2) is 12.3 Å². The van der Waals surface area contributed by atoms with Gasteiger partial charge >= 0.3 is 0 Å². The zero-order valence-electron chi connectivity index (χ0n) is 12.5. The van der Waals surface area contributed by atoms with Crippen molar-refractivity contribution in [2.45, 2.75) is 33.6 Å². The average molecular weight is 275 g/mol. The van der Waals surface area contributed by atoms with Gasteiger partial charge in [-0.2, -0.15) is 10.1 Å². The molecule has 108 valence electrons. The topological polar surface area (TPSA) is 64.9 Å². The van der Waals surface area contributed by atoms with E-state index in [1.165, 1.54) is 0 Å². The van der Waals surface area contributed by atoms with Crippen LogP contribution < -0.4 is 10.1 Å². The molecule has 0 amide bonds. The highest BCUT2D eigenvalue weighted by molar-refractivity contribution is 5.55. The van der Waals surface area contributed by atoms with Crippen LogP contribution in [0.25, 0.3) is 0 Å². The molecule has 2 aromatic rings. The molecule has 0 unspecified atom stereocenters. The summed E-state index contributed by atoms with van der Waals surface area (Å²) in [5.41, 5.74) is 2.80. The number of aryl methyl sites for hydroxylation is 3. The SMILES string of the molecule is CCCOc1cc(C)nc(Nc2cn(C)nc2CC)n1. The monoisotopic (exact) mass is 275 g/mol.